The molecule has 2 aromatic carbocycles. The Morgan fingerprint density at radius 3 is 2.33 bits per heavy atom. The van der Waals surface area contributed by atoms with Crippen molar-refractivity contribution in [3.63, 3.8) is 0 Å². The molecule has 3 atom stereocenters. The molecule has 0 aromatic heterocycles. The van der Waals surface area contributed by atoms with Crippen molar-refractivity contribution in [2.45, 2.75) is 78.1 Å². The molecule has 1 amide bonds. The van der Waals surface area contributed by atoms with Gasteiger partial charge in [0.1, 0.15) is 11.5 Å². The zero-order valence-corrected chi connectivity index (χ0v) is 20.5. The Morgan fingerprint density at radius 1 is 1.09 bits per heavy atom. The van der Waals surface area contributed by atoms with Crippen molar-refractivity contribution in [3.8, 4) is 11.5 Å². The summed E-state index contributed by atoms with van der Waals surface area (Å²) in [7, 11) is 0. The van der Waals surface area contributed by atoms with E-state index in [2.05, 4.69) is 45.9 Å². The SMILES string of the molecule is CC(=O)Oc1ccc(O)cc1.CC(C)c1ccc2c(c1)CCC1C(C)(C(N)=O)CCCC21C. The van der Waals surface area contributed by atoms with Gasteiger partial charge in [-0.15, -0.1) is 0 Å². The van der Waals surface area contributed by atoms with Crippen LogP contribution in [0.2, 0.25) is 0 Å². The number of benzene rings is 2. The number of nitrogens with two attached hydrogens (primary N) is 1. The molecule has 33 heavy (non-hydrogen) atoms. The zero-order valence-electron chi connectivity index (χ0n) is 20.5. The van der Waals surface area contributed by atoms with Crippen LogP contribution < -0.4 is 10.5 Å². The first-order valence-electron chi connectivity index (χ1n) is 11.9. The smallest absolute Gasteiger partial charge is 0.308 e. The number of aromatic hydroxyl groups is 1. The van der Waals surface area contributed by atoms with Crippen LogP contribution in [0, 0.1) is 11.3 Å². The lowest BCUT2D eigenvalue weighted by molar-refractivity contribution is -0.135. The fourth-order valence-electron chi connectivity index (χ4n) is 5.85. The van der Waals surface area contributed by atoms with Gasteiger partial charge in [0.05, 0.1) is 0 Å². The lowest BCUT2D eigenvalue weighted by atomic mass is 9.49. The Hall–Kier alpha value is -2.82. The molecule has 0 heterocycles. The highest BCUT2D eigenvalue weighted by Gasteiger charge is 2.54. The predicted molar refractivity (Wildman–Crippen MR) is 130 cm³/mol. The number of phenols is 1. The van der Waals surface area contributed by atoms with E-state index in [-0.39, 0.29) is 28.5 Å². The van der Waals surface area contributed by atoms with Gasteiger partial charge in [0.25, 0.3) is 0 Å². The first kappa shape index (κ1) is 24.8. The summed E-state index contributed by atoms with van der Waals surface area (Å²) in [5, 5.41) is 8.85. The number of carbonyl (C=O) groups excluding carboxylic acids is 2. The number of hydrogen-bond acceptors (Lipinski definition) is 4. The van der Waals surface area contributed by atoms with Crippen molar-refractivity contribution in [3.05, 3.63) is 59.2 Å². The normalized spacial score (nSPS) is 25.8. The first-order valence-corrected chi connectivity index (χ1v) is 11.9. The first-order chi connectivity index (χ1) is 15.5. The van der Waals surface area contributed by atoms with E-state index in [0.717, 1.165) is 25.7 Å². The molecule has 5 nitrogen and oxygen atoms in total. The summed E-state index contributed by atoms with van der Waals surface area (Å²) in [6.07, 6.45) is 5.39. The fourth-order valence-corrected chi connectivity index (χ4v) is 5.85. The van der Waals surface area contributed by atoms with E-state index in [1.54, 1.807) is 0 Å². The largest absolute Gasteiger partial charge is 0.508 e. The predicted octanol–water partition coefficient (Wildman–Crippen LogP) is 5.62. The Bertz CT molecular complexity index is 1010. The maximum atomic E-state index is 12.2. The third-order valence-corrected chi connectivity index (χ3v) is 7.71. The van der Waals surface area contributed by atoms with Gasteiger partial charge >= 0.3 is 5.97 Å². The van der Waals surface area contributed by atoms with Crippen LogP contribution in [-0.4, -0.2) is 17.0 Å². The Labute approximate surface area is 197 Å². The van der Waals surface area contributed by atoms with E-state index >= 15 is 0 Å². The minimum atomic E-state index is -0.365. The van der Waals surface area contributed by atoms with E-state index in [1.807, 2.05) is 0 Å². The van der Waals surface area contributed by atoms with Gasteiger partial charge in [-0.2, -0.15) is 0 Å². The number of carbonyl (C=O) groups is 2. The van der Waals surface area contributed by atoms with Crippen molar-refractivity contribution in [1.82, 2.24) is 0 Å². The molecule has 4 rings (SSSR count). The van der Waals surface area contributed by atoms with E-state index in [0.29, 0.717) is 17.6 Å². The molecule has 3 unspecified atom stereocenters. The minimum absolute atomic E-state index is 0.102. The maximum Gasteiger partial charge on any atom is 0.308 e. The number of rotatable bonds is 3. The summed E-state index contributed by atoms with van der Waals surface area (Å²) in [6.45, 7) is 10.3. The molecule has 0 bridgehead atoms. The van der Waals surface area contributed by atoms with E-state index in [1.165, 1.54) is 54.3 Å². The molecule has 0 saturated heterocycles. The standard InChI is InChI=1S/C20H29NO.C8H8O3/c1-13(2)14-6-8-16-15(12-14)7-9-17-19(16,3)10-5-11-20(17,4)18(21)22;1-6(9)11-8-4-2-7(10)3-5-8/h6,8,12-13,17H,5,7,9-11H2,1-4H3,(H2,21,22);2-5,10H,1H3. The highest BCUT2D eigenvalue weighted by molar-refractivity contribution is 5.81. The second kappa shape index (κ2) is 9.58. The molecule has 178 valence electrons. The Kier molecular flexibility index (Phi) is 7.20. The van der Waals surface area contributed by atoms with Crippen molar-refractivity contribution in [2.75, 3.05) is 0 Å². The van der Waals surface area contributed by atoms with Crippen LogP contribution in [0.15, 0.2) is 42.5 Å². The number of aryl methyl sites for hydroxylation is 1. The quantitative estimate of drug-likeness (QED) is 0.468. The summed E-state index contributed by atoms with van der Waals surface area (Å²) in [6, 6.07) is 13.0. The second-order valence-corrected chi connectivity index (χ2v) is 10.3. The molecule has 5 heteroatoms. The van der Waals surface area contributed by atoms with Crippen molar-refractivity contribution < 1.29 is 19.4 Å². The summed E-state index contributed by atoms with van der Waals surface area (Å²) in [5.74, 6) is 1.07. The van der Waals surface area contributed by atoms with Gasteiger partial charge in [-0.1, -0.05) is 52.3 Å². The monoisotopic (exact) mass is 451 g/mol. The Balaban J connectivity index is 0.000000235. The van der Waals surface area contributed by atoms with Crippen LogP contribution >= 0.6 is 0 Å². The highest BCUT2D eigenvalue weighted by atomic mass is 16.5. The topological polar surface area (TPSA) is 89.6 Å². The van der Waals surface area contributed by atoms with E-state index in [4.69, 9.17) is 15.6 Å². The summed E-state index contributed by atoms with van der Waals surface area (Å²) < 4.78 is 4.72. The maximum absolute atomic E-state index is 12.2. The van der Waals surface area contributed by atoms with Gasteiger partial charge < -0.3 is 15.6 Å². The molecule has 0 radical (unpaired) electrons. The number of fused-ring (bicyclic) bond motifs is 3. The molecule has 1 fully saturated rings. The average molecular weight is 452 g/mol. The highest BCUT2D eigenvalue weighted by Crippen LogP contribution is 2.57. The van der Waals surface area contributed by atoms with Gasteiger partial charge in [0.15, 0.2) is 0 Å². The number of phenolic OH excluding ortho intramolecular Hbond substituents is 1. The van der Waals surface area contributed by atoms with Crippen LogP contribution in [0.4, 0.5) is 0 Å². The van der Waals surface area contributed by atoms with Gasteiger partial charge in [-0.3, -0.25) is 9.59 Å². The van der Waals surface area contributed by atoms with E-state index in [9.17, 15) is 9.59 Å². The fraction of sp³-hybridized carbons (Fsp3) is 0.500. The summed E-state index contributed by atoms with van der Waals surface area (Å²) in [4.78, 5) is 22.6. The molecule has 3 N–H and O–H groups in total. The number of primary amides is 1. The van der Waals surface area contributed by atoms with Gasteiger partial charge in [-0.05, 0) is 83.9 Å². The molecule has 0 spiro atoms. The zero-order chi connectivity index (χ0) is 24.4. The minimum Gasteiger partial charge on any atom is -0.508 e. The molecule has 0 aliphatic heterocycles. The van der Waals surface area contributed by atoms with Crippen LogP contribution in [0.3, 0.4) is 0 Å². The van der Waals surface area contributed by atoms with Crippen LogP contribution in [0.25, 0.3) is 0 Å². The molecular weight excluding hydrogens is 414 g/mol. The third kappa shape index (κ3) is 5.07. The average Bonchev–Trinajstić information content (AvgIpc) is 2.75. The number of hydrogen-bond donors (Lipinski definition) is 2. The van der Waals surface area contributed by atoms with Gasteiger partial charge in [0.2, 0.25) is 5.91 Å². The molecular formula is C28H37NO4. The molecule has 2 aliphatic carbocycles. The Morgan fingerprint density at radius 2 is 1.76 bits per heavy atom. The number of esters is 1. The van der Waals surface area contributed by atoms with Crippen LogP contribution in [-0.2, 0) is 21.4 Å². The summed E-state index contributed by atoms with van der Waals surface area (Å²) >= 11 is 0. The van der Waals surface area contributed by atoms with E-state index < -0.39 is 0 Å². The third-order valence-electron chi connectivity index (χ3n) is 7.71. The number of amides is 1. The molecule has 2 aliphatic rings. The molecule has 2 aromatic rings. The van der Waals surface area contributed by atoms with Crippen molar-refractivity contribution in [1.29, 1.82) is 0 Å². The second-order valence-electron chi connectivity index (χ2n) is 10.3. The lowest BCUT2D eigenvalue weighted by Crippen LogP contribution is -2.54. The lowest BCUT2D eigenvalue weighted by Gasteiger charge is -2.54. The van der Waals surface area contributed by atoms with Crippen molar-refractivity contribution >= 4 is 11.9 Å². The van der Waals surface area contributed by atoms with Gasteiger partial charge in [0, 0.05) is 12.3 Å². The van der Waals surface area contributed by atoms with Crippen molar-refractivity contribution in [2.24, 2.45) is 17.1 Å². The van der Waals surface area contributed by atoms with Crippen LogP contribution in [0.1, 0.15) is 82.9 Å². The van der Waals surface area contributed by atoms with Crippen LogP contribution in [0.5, 0.6) is 11.5 Å². The van der Waals surface area contributed by atoms with Gasteiger partial charge in [-0.25, -0.2) is 0 Å². The number of ether oxygens (including phenoxy) is 1. The molecule has 1 saturated carbocycles. The summed E-state index contributed by atoms with van der Waals surface area (Å²) in [5.41, 5.74) is 9.97.